The zero-order valence-corrected chi connectivity index (χ0v) is 11.7. The smallest absolute Gasteiger partial charge is 0.201 e. The highest BCUT2D eigenvalue weighted by atomic mass is 16.5. The van der Waals surface area contributed by atoms with E-state index >= 15 is 0 Å². The molecule has 0 saturated heterocycles. The molecule has 0 bridgehead atoms. The van der Waals surface area contributed by atoms with Gasteiger partial charge in [0.05, 0.1) is 12.3 Å². The molecule has 0 aliphatic carbocycles. The van der Waals surface area contributed by atoms with Crippen LogP contribution in [-0.4, -0.2) is 46.9 Å². The SMILES string of the molecule is CCN1N=C(CO)C(=Nc2ccc(OC(N)N)cc2)C1=N. The monoisotopic (exact) mass is 290 g/mol. The molecule has 1 aliphatic rings. The number of rotatable bonds is 5. The van der Waals surface area contributed by atoms with E-state index in [1.807, 2.05) is 6.92 Å². The normalized spacial score (nSPS) is 16.8. The maximum absolute atomic E-state index is 9.31. The maximum atomic E-state index is 9.31. The van der Waals surface area contributed by atoms with E-state index in [4.69, 9.17) is 21.6 Å². The molecule has 0 spiro atoms. The third-order valence-corrected chi connectivity index (χ3v) is 2.80. The predicted octanol–water partition coefficient (Wildman–Crippen LogP) is -0.0000300. The van der Waals surface area contributed by atoms with Crippen LogP contribution >= 0.6 is 0 Å². The first-order valence-corrected chi connectivity index (χ1v) is 6.47. The molecule has 1 aliphatic heterocycles. The number of amidine groups is 1. The standard InChI is InChI=1S/C13H18N6O2/c1-2-19-12(14)11(10(7-20)18-19)17-8-3-5-9(6-4-8)21-13(15)16/h3-6,13-14,20H,2,7,15-16H2,1H3. The topological polar surface area (TPSA) is 133 Å². The molecule has 112 valence electrons. The molecule has 21 heavy (non-hydrogen) atoms. The molecule has 0 saturated carbocycles. The molecule has 1 heterocycles. The summed E-state index contributed by atoms with van der Waals surface area (Å²) < 4.78 is 5.13. The van der Waals surface area contributed by atoms with Gasteiger partial charge in [-0.15, -0.1) is 0 Å². The first-order valence-electron chi connectivity index (χ1n) is 6.47. The first kappa shape index (κ1) is 15.1. The fourth-order valence-electron chi connectivity index (χ4n) is 1.84. The van der Waals surface area contributed by atoms with Crippen molar-refractivity contribution in [1.82, 2.24) is 5.01 Å². The lowest BCUT2D eigenvalue weighted by Gasteiger charge is -2.10. The molecule has 0 radical (unpaired) electrons. The van der Waals surface area contributed by atoms with Crippen molar-refractivity contribution in [3.05, 3.63) is 24.3 Å². The van der Waals surface area contributed by atoms with Gasteiger partial charge in [-0.25, -0.2) is 10.0 Å². The molecule has 8 heteroatoms. The zero-order valence-electron chi connectivity index (χ0n) is 11.7. The molecule has 0 unspecified atom stereocenters. The minimum absolute atomic E-state index is 0.172. The van der Waals surface area contributed by atoms with Gasteiger partial charge >= 0.3 is 0 Å². The molecule has 0 fully saturated rings. The van der Waals surface area contributed by atoms with Crippen LogP contribution in [0.5, 0.6) is 5.75 Å². The highest BCUT2D eigenvalue weighted by Crippen LogP contribution is 2.20. The Bertz CT molecular complexity index is 579. The molecule has 1 aromatic carbocycles. The Morgan fingerprint density at radius 2 is 2.05 bits per heavy atom. The Balaban J connectivity index is 2.22. The van der Waals surface area contributed by atoms with Crippen LogP contribution < -0.4 is 16.2 Å². The minimum atomic E-state index is -0.878. The van der Waals surface area contributed by atoms with Gasteiger partial charge < -0.3 is 9.84 Å². The second-order valence-electron chi connectivity index (χ2n) is 4.31. The second-order valence-corrected chi connectivity index (χ2v) is 4.31. The molecule has 1 aromatic rings. The summed E-state index contributed by atoms with van der Waals surface area (Å²) in [5, 5.41) is 22.9. The van der Waals surface area contributed by atoms with E-state index in [1.165, 1.54) is 5.01 Å². The molecule has 0 aromatic heterocycles. The van der Waals surface area contributed by atoms with Gasteiger partial charge in [-0.1, -0.05) is 0 Å². The van der Waals surface area contributed by atoms with Gasteiger partial charge in [0.2, 0.25) is 6.35 Å². The summed E-state index contributed by atoms with van der Waals surface area (Å²) >= 11 is 0. The van der Waals surface area contributed by atoms with Crippen LogP contribution in [0, 0.1) is 5.41 Å². The lowest BCUT2D eigenvalue weighted by Crippen LogP contribution is -2.36. The fourth-order valence-corrected chi connectivity index (χ4v) is 1.84. The summed E-state index contributed by atoms with van der Waals surface area (Å²) in [4.78, 5) is 4.35. The molecule has 2 rings (SSSR count). The van der Waals surface area contributed by atoms with Crippen molar-refractivity contribution in [1.29, 1.82) is 5.41 Å². The van der Waals surface area contributed by atoms with Crippen LogP contribution in [-0.2, 0) is 0 Å². The highest BCUT2D eigenvalue weighted by molar-refractivity contribution is 6.70. The Morgan fingerprint density at radius 3 is 2.57 bits per heavy atom. The molecule has 6 N–H and O–H groups in total. The predicted molar refractivity (Wildman–Crippen MR) is 81.0 cm³/mol. The summed E-state index contributed by atoms with van der Waals surface area (Å²) in [6, 6.07) is 6.78. The zero-order chi connectivity index (χ0) is 15.4. The minimum Gasteiger partial charge on any atom is -0.463 e. The van der Waals surface area contributed by atoms with Crippen LogP contribution in [0.4, 0.5) is 5.69 Å². The Hall–Kier alpha value is -2.29. The third-order valence-electron chi connectivity index (χ3n) is 2.80. The number of nitrogens with zero attached hydrogens (tertiary/aromatic N) is 3. The summed E-state index contributed by atoms with van der Waals surface area (Å²) in [5.41, 5.74) is 12.0. The van der Waals surface area contributed by atoms with Gasteiger partial charge in [-0.05, 0) is 31.2 Å². The van der Waals surface area contributed by atoms with Gasteiger partial charge in [0, 0.05) is 6.54 Å². The van der Waals surface area contributed by atoms with Crippen LogP contribution in [0.15, 0.2) is 34.4 Å². The van der Waals surface area contributed by atoms with Crippen molar-refractivity contribution in [2.45, 2.75) is 13.3 Å². The Morgan fingerprint density at radius 1 is 1.38 bits per heavy atom. The van der Waals surface area contributed by atoms with E-state index in [-0.39, 0.29) is 12.4 Å². The quantitative estimate of drug-likeness (QED) is 0.566. The van der Waals surface area contributed by atoms with E-state index in [2.05, 4.69) is 10.1 Å². The van der Waals surface area contributed by atoms with E-state index in [0.717, 1.165) is 0 Å². The van der Waals surface area contributed by atoms with E-state index in [1.54, 1.807) is 24.3 Å². The second kappa shape index (κ2) is 6.44. The van der Waals surface area contributed by atoms with Gasteiger partial charge in [0.15, 0.2) is 5.84 Å². The van der Waals surface area contributed by atoms with E-state index in [0.29, 0.717) is 29.4 Å². The van der Waals surface area contributed by atoms with E-state index < -0.39 is 6.35 Å². The summed E-state index contributed by atoms with van der Waals surface area (Å²) in [5.74, 6) is 0.701. The lowest BCUT2D eigenvalue weighted by atomic mass is 10.2. The summed E-state index contributed by atoms with van der Waals surface area (Å²) in [7, 11) is 0. The average molecular weight is 290 g/mol. The summed E-state index contributed by atoms with van der Waals surface area (Å²) in [6.07, 6.45) is -0.878. The number of nitrogens with one attached hydrogen (secondary N) is 1. The van der Waals surface area contributed by atoms with Crippen molar-refractivity contribution in [2.24, 2.45) is 21.6 Å². The number of aliphatic hydroxyl groups is 1. The van der Waals surface area contributed by atoms with Crippen LogP contribution in [0.25, 0.3) is 0 Å². The van der Waals surface area contributed by atoms with Crippen molar-refractivity contribution in [3.8, 4) is 5.75 Å². The number of ether oxygens (including phenoxy) is 1. The number of nitrogens with two attached hydrogens (primary N) is 2. The number of hydrogen-bond acceptors (Lipinski definition) is 7. The van der Waals surface area contributed by atoms with E-state index in [9.17, 15) is 5.11 Å². The van der Waals surface area contributed by atoms with Crippen molar-refractivity contribution in [3.63, 3.8) is 0 Å². The van der Waals surface area contributed by atoms with Crippen LogP contribution in [0.2, 0.25) is 0 Å². The number of hydrogen-bond donors (Lipinski definition) is 4. The Kier molecular flexibility index (Phi) is 4.63. The average Bonchev–Trinajstić information content (AvgIpc) is 2.77. The highest BCUT2D eigenvalue weighted by Gasteiger charge is 2.26. The summed E-state index contributed by atoms with van der Waals surface area (Å²) in [6.45, 7) is 2.15. The van der Waals surface area contributed by atoms with Gasteiger partial charge in [-0.3, -0.25) is 16.9 Å². The molecule has 8 nitrogen and oxygen atoms in total. The van der Waals surface area contributed by atoms with Crippen molar-refractivity contribution >= 4 is 22.9 Å². The third kappa shape index (κ3) is 3.43. The number of hydrazone groups is 1. The molecule has 0 amide bonds. The molecule has 0 atom stereocenters. The van der Waals surface area contributed by atoms with Gasteiger partial charge in [0.1, 0.15) is 17.2 Å². The fraction of sp³-hybridized carbons (Fsp3) is 0.308. The number of aliphatic imine (C=N–C) groups is 1. The Labute approximate surface area is 122 Å². The van der Waals surface area contributed by atoms with Gasteiger partial charge in [-0.2, -0.15) is 5.10 Å². The number of benzene rings is 1. The van der Waals surface area contributed by atoms with Crippen LogP contribution in [0.3, 0.4) is 0 Å². The van der Waals surface area contributed by atoms with Crippen molar-refractivity contribution < 1.29 is 9.84 Å². The van der Waals surface area contributed by atoms with Crippen molar-refractivity contribution in [2.75, 3.05) is 13.2 Å². The lowest BCUT2D eigenvalue weighted by molar-refractivity contribution is 0.217. The number of aliphatic hydroxyl groups excluding tert-OH is 1. The molecular weight excluding hydrogens is 272 g/mol. The largest absolute Gasteiger partial charge is 0.463 e. The first-order chi connectivity index (χ1) is 10.0. The molecular formula is C13H18N6O2. The van der Waals surface area contributed by atoms with Gasteiger partial charge in [0.25, 0.3) is 0 Å². The maximum Gasteiger partial charge on any atom is 0.201 e. The van der Waals surface area contributed by atoms with Crippen LogP contribution in [0.1, 0.15) is 6.92 Å².